The minimum absolute atomic E-state index is 0.00481. The van der Waals surface area contributed by atoms with Crippen molar-refractivity contribution in [3.63, 3.8) is 0 Å². The van der Waals surface area contributed by atoms with Crippen LogP contribution in [0.3, 0.4) is 0 Å². The minimum Gasteiger partial charge on any atom is -0.454 e. The maximum absolute atomic E-state index is 12.9. The van der Waals surface area contributed by atoms with Crippen molar-refractivity contribution in [2.75, 3.05) is 18.5 Å². The average molecular weight is 423 g/mol. The molecule has 0 unspecified atom stereocenters. The Morgan fingerprint density at radius 1 is 1.16 bits per heavy atom. The van der Waals surface area contributed by atoms with Crippen molar-refractivity contribution in [1.82, 2.24) is 10.2 Å². The number of nitrogens with zero attached hydrogens (tertiary/aromatic N) is 1. The van der Waals surface area contributed by atoms with Gasteiger partial charge in [-0.1, -0.05) is 56.2 Å². The van der Waals surface area contributed by atoms with Gasteiger partial charge in [0, 0.05) is 11.1 Å². The molecule has 1 saturated heterocycles. The molecule has 1 aliphatic carbocycles. The Morgan fingerprint density at radius 3 is 2.74 bits per heavy atom. The van der Waals surface area contributed by atoms with Crippen LogP contribution in [0.15, 0.2) is 42.5 Å². The van der Waals surface area contributed by atoms with E-state index in [9.17, 15) is 19.2 Å². The molecule has 2 aliphatic rings. The number of carbonyl (C=O) groups excluding carboxylic acids is 4. The molecule has 1 heterocycles. The molecule has 8 nitrogen and oxygen atoms in total. The second-order valence-corrected chi connectivity index (χ2v) is 8.18. The van der Waals surface area contributed by atoms with E-state index in [1.807, 2.05) is 43.3 Å². The molecule has 1 saturated carbocycles. The zero-order valence-corrected chi connectivity index (χ0v) is 17.3. The summed E-state index contributed by atoms with van der Waals surface area (Å²) in [6, 6.07) is 12.5. The number of anilines is 1. The minimum atomic E-state index is -0.929. The van der Waals surface area contributed by atoms with Crippen LogP contribution >= 0.6 is 0 Å². The van der Waals surface area contributed by atoms with Gasteiger partial charge in [0.25, 0.3) is 11.8 Å². The van der Waals surface area contributed by atoms with Crippen molar-refractivity contribution in [2.45, 2.75) is 38.1 Å². The monoisotopic (exact) mass is 423 g/mol. The largest absolute Gasteiger partial charge is 0.454 e. The first-order valence-electron chi connectivity index (χ1n) is 10.5. The first-order valence-corrected chi connectivity index (χ1v) is 10.5. The lowest BCUT2D eigenvalue weighted by atomic mass is 9.73. The van der Waals surface area contributed by atoms with E-state index in [0.717, 1.165) is 34.9 Å². The fourth-order valence-corrected chi connectivity index (χ4v) is 4.48. The maximum atomic E-state index is 12.9. The molecule has 1 spiro atoms. The van der Waals surface area contributed by atoms with Gasteiger partial charge in [-0.15, -0.1) is 0 Å². The number of imide groups is 1. The molecule has 0 bridgehead atoms. The van der Waals surface area contributed by atoms with Crippen molar-refractivity contribution < 1.29 is 23.9 Å². The summed E-state index contributed by atoms with van der Waals surface area (Å²) in [6.45, 7) is 0.921. The first-order chi connectivity index (χ1) is 14.9. The number of hydrogen-bond donors (Lipinski definition) is 2. The van der Waals surface area contributed by atoms with Gasteiger partial charge in [-0.25, -0.2) is 4.79 Å². The number of rotatable bonds is 5. The molecule has 8 heteroatoms. The molecule has 4 rings (SSSR count). The molecule has 0 aromatic heterocycles. The van der Waals surface area contributed by atoms with Gasteiger partial charge in [0.05, 0.1) is 0 Å². The Hall–Kier alpha value is -3.42. The lowest BCUT2D eigenvalue weighted by Gasteiger charge is -2.36. The Morgan fingerprint density at radius 2 is 1.94 bits per heavy atom. The summed E-state index contributed by atoms with van der Waals surface area (Å²) >= 11 is 0. The summed E-state index contributed by atoms with van der Waals surface area (Å²) in [4.78, 5) is 50.6. The van der Waals surface area contributed by atoms with Crippen LogP contribution in [0.4, 0.5) is 10.5 Å². The number of hydrogen-bond acceptors (Lipinski definition) is 5. The van der Waals surface area contributed by atoms with Crippen LogP contribution in [0.1, 0.15) is 32.6 Å². The Kier molecular flexibility index (Phi) is 5.63. The van der Waals surface area contributed by atoms with Crippen molar-refractivity contribution in [3.05, 3.63) is 42.5 Å². The standard InChI is InChI=1S/C23H25N3O5/c1-15-7-4-5-12-23(15)21(29)26(22(30)25-23)13-20(28)31-14-19(27)24-18-11-6-9-16-8-2-3-10-17(16)18/h2-3,6,8-11,15H,4-5,7,12-14H2,1H3,(H,24,27)(H,25,30)/t15-,23+/m1/s1. The third kappa shape index (κ3) is 3.97. The Labute approximate surface area is 179 Å². The van der Waals surface area contributed by atoms with Crippen LogP contribution in [-0.4, -0.2) is 47.4 Å². The van der Waals surface area contributed by atoms with Crippen LogP contribution < -0.4 is 10.6 Å². The van der Waals surface area contributed by atoms with E-state index < -0.39 is 36.6 Å². The average Bonchev–Trinajstić information content (AvgIpc) is 2.99. The summed E-state index contributed by atoms with van der Waals surface area (Å²) < 4.78 is 5.02. The molecule has 1 aliphatic heterocycles. The van der Waals surface area contributed by atoms with E-state index in [0.29, 0.717) is 12.1 Å². The quantitative estimate of drug-likeness (QED) is 0.568. The van der Waals surface area contributed by atoms with Gasteiger partial charge in [-0.05, 0) is 30.2 Å². The summed E-state index contributed by atoms with van der Waals surface area (Å²) in [7, 11) is 0. The molecule has 2 atom stereocenters. The van der Waals surface area contributed by atoms with E-state index in [2.05, 4.69) is 10.6 Å². The van der Waals surface area contributed by atoms with E-state index in [4.69, 9.17) is 4.74 Å². The molecular formula is C23H25N3O5. The van der Waals surface area contributed by atoms with Gasteiger partial charge >= 0.3 is 12.0 Å². The molecule has 2 N–H and O–H groups in total. The van der Waals surface area contributed by atoms with Gasteiger partial charge in [-0.2, -0.15) is 0 Å². The molecule has 4 amide bonds. The molecule has 2 aromatic carbocycles. The summed E-state index contributed by atoms with van der Waals surface area (Å²) in [5, 5.41) is 7.36. The van der Waals surface area contributed by atoms with Crippen molar-refractivity contribution >= 4 is 40.3 Å². The van der Waals surface area contributed by atoms with Crippen molar-refractivity contribution in [1.29, 1.82) is 0 Å². The fourth-order valence-electron chi connectivity index (χ4n) is 4.48. The predicted molar refractivity (Wildman–Crippen MR) is 114 cm³/mol. The molecule has 2 aromatic rings. The number of esters is 1. The first kappa shape index (κ1) is 20.8. The van der Waals surface area contributed by atoms with Crippen LogP contribution in [-0.2, 0) is 19.1 Å². The lowest BCUT2D eigenvalue weighted by Crippen LogP contribution is -2.54. The van der Waals surface area contributed by atoms with Crippen molar-refractivity contribution in [2.24, 2.45) is 5.92 Å². The number of carbonyl (C=O) groups is 4. The Balaban J connectivity index is 1.33. The highest BCUT2D eigenvalue weighted by molar-refractivity contribution is 6.09. The van der Waals surface area contributed by atoms with E-state index in [1.54, 1.807) is 6.07 Å². The third-order valence-electron chi connectivity index (χ3n) is 6.22. The highest BCUT2D eigenvalue weighted by Gasteiger charge is 2.55. The summed E-state index contributed by atoms with van der Waals surface area (Å²) in [6.07, 6.45) is 3.28. The molecular weight excluding hydrogens is 398 g/mol. The molecule has 0 radical (unpaired) electrons. The molecule has 2 fully saturated rings. The van der Waals surface area contributed by atoms with Gasteiger partial charge in [-0.3, -0.25) is 19.3 Å². The summed E-state index contributed by atoms with van der Waals surface area (Å²) in [5.41, 5.74) is -0.317. The molecule has 162 valence electrons. The van der Waals surface area contributed by atoms with E-state index in [1.165, 1.54) is 0 Å². The van der Waals surface area contributed by atoms with Crippen LogP contribution in [0.5, 0.6) is 0 Å². The molecule has 31 heavy (non-hydrogen) atoms. The number of amides is 4. The van der Waals surface area contributed by atoms with E-state index in [-0.39, 0.29) is 11.8 Å². The zero-order chi connectivity index (χ0) is 22.0. The number of urea groups is 1. The van der Waals surface area contributed by atoms with Crippen LogP contribution in [0, 0.1) is 5.92 Å². The predicted octanol–water partition coefficient (Wildman–Crippen LogP) is 2.82. The fraction of sp³-hybridized carbons (Fsp3) is 0.391. The van der Waals surface area contributed by atoms with Gasteiger partial charge in [0.15, 0.2) is 6.61 Å². The second kappa shape index (κ2) is 8.37. The van der Waals surface area contributed by atoms with Gasteiger partial charge in [0.2, 0.25) is 0 Å². The topological polar surface area (TPSA) is 105 Å². The highest BCUT2D eigenvalue weighted by atomic mass is 16.5. The van der Waals surface area contributed by atoms with Crippen LogP contribution in [0.25, 0.3) is 10.8 Å². The highest BCUT2D eigenvalue weighted by Crippen LogP contribution is 2.38. The zero-order valence-electron chi connectivity index (χ0n) is 17.3. The number of ether oxygens (including phenoxy) is 1. The van der Waals surface area contributed by atoms with Crippen LogP contribution in [0.2, 0.25) is 0 Å². The van der Waals surface area contributed by atoms with Gasteiger partial charge in [0.1, 0.15) is 12.1 Å². The van der Waals surface area contributed by atoms with Crippen molar-refractivity contribution in [3.8, 4) is 0 Å². The summed E-state index contributed by atoms with van der Waals surface area (Å²) in [5.74, 6) is -1.69. The maximum Gasteiger partial charge on any atom is 0.326 e. The number of nitrogens with one attached hydrogen (secondary N) is 2. The Bertz CT molecular complexity index is 1050. The smallest absolute Gasteiger partial charge is 0.326 e. The number of fused-ring (bicyclic) bond motifs is 1. The lowest BCUT2D eigenvalue weighted by molar-refractivity contribution is -0.150. The van der Waals surface area contributed by atoms with E-state index >= 15 is 0 Å². The van der Waals surface area contributed by atoms with Gasteiger partial charge < -0.3 is 15.4 Å². The normalized spacial score (nSPS) is 23.1. The third-order valence-corrected chi connectivity index (χ3v) is 6.22. The second-order valence-electron chi connectivity index (χ2n) is 8.18. The number of benzene rings is 2. The SMILES string of the molecule is C[C@@H]1CCCC[C@]12NC(=O)N(CC(=O)OCC(=O)Nc1cccc3ccccc13)C2=O.